The van der Waals surface area contributed by atoms with Crippen molar-refractivity contribution < 1.29 is 18.7 Å². The minimum absolute atomic E-state index is 0.0255. The quantitative estimate of drug-likeness (QED) is 0.848. The summed E-state index contributed by atoms with van der Waals surface area (Å²) in [6.45, 7) is 3.71. The molecule has 0 aliphatic heterocycles. The molecule has 5 heteroatoms. The molecule has 0 radical (unpaired) electrons. The van der Waals surface area contributed by atoms with Gasteiger partial charge >= 0.3 is 5.97 Å². The third kappa shape index (κ3) is 5.34. The van der Waals surface area contributed by atoms with Crippen molar-refractivity contribution >= 4 is 11.9 Å². The lowest BCUT2D eigenvalue weighted by Gasteiger charge is -2.30. The number of hydrogen-bond acceptors (Lipinski definition) is 3. The average Bonchev–Trinajstić information content (AvgIpc) is 2.51. The van der Waals surface area contributed by atoms with Gasteiger partial charge in [0.25, 0.3) is 5.91 Å². The van der Waals surface area contributed by atoms with Gasteiger partial charge in [-0.3, -0.25) is 9.59 Å². The van der Waals surface area contributed by atoms with E-state index in [0.717, 1.165) is 19.3 Å². The van der Waals surface area contributed by atoms with Crippen LogP contribution in [0.5, 0.6) is 0 Å². The summed E-state index contributed by atoms with van der Waals surface area (Å²) in [6, 6.07) is 5.82. The van der Waals surface area contributed by atoms with Crippen molar-refractivity contribution in [2.75, 3.05) is 0 Å². The first-order chi connectivity index (χ1) is 11.0. The molecule has 0 heterocycles. The smallest absolute Gasteiger partial charge is 0.311 e. The Kier molecular flexibility index (Phi) is 6.13. The van der Waals surface area contributed by atoms with Gasteiger partial charge in [0, 0.05) is 6.04 Å². The summed E-state index contributed by atoms with van der Waals surface area (Å²) in [7, 11) is 0. The number of benzene rings is 1. The van der Waals surface area contributed by atoms with Crippen LogP contribution in [0, 0.1) is 11.7 Å². The molecule has 0 bridgehead atoms. The summed E-state index contributed by atoms with van der Waals surface area (Å²) in [5.74, 6) is -0.640. The average molecular weight is 321 g/mol. The zero-order valence-corrected chi connectivity index (χ0v) is 13.7. The van der Waals surface area contributed by atoms with Gasteiger partial charge in [0.2, 0.25) is 0 Å². The van der Waals surface area contributed by atoms with Crippen LogP contribution in [0.2, 0.25) is 0 Å². The van der Waals surface area contributed by atoms with E-state index in [0.29, 0.717) is 11.5 Å². The first-order valence-electron chi connectivity index (χ1n) is 8.20. The summed E-state index contributed by atoms with van der Waals surface area (Å²) in [5, 5.41) is 2.98. The maximum absolute atomic E-state index is 12.8. The second-order valence-corrected chi connectivity index (χ2v) is 6.31. The van der Waals surface area contributed by atoms with Crippen LogP contribution in [0.4, 0.5) is 4.39 Å². The number of esters is 1. The molecule has 3 atom stereocenters. The van der Waals surface area contributed by atoms with E-state index in [-0.39, 0.29) is 24.2 Å². The van der Waals surface area contributed by atoms with Crippen molar-refractivity contribution in [2.24, 2.45) is 5.92 Å². The van der Waals surface area contributed by atoms with E-state index in [1.807, 2.05) is 0 Å². The molecular formula is C18H24FNO3. The van der Waals surface area contributed by atoms with Crippen LogP contribution in [0.3, 0.4) is 0 Å². The first kappa shape index (κ1) is 17.4. The van der Waals surface area contributed by atoms with Crippen molar-refractivity contribution in [1.82, 2.24) is 5.32 Å². The van der Waals surface area contributed by atoms with Crippen LogP contribution in [0.25, 0.3) is 0 Å². The van der Waals surface area contributed by atoms with Crippen LogP contribution >= 0.6 is 0 Å². The van der Waals surface area contributed by atoms with E-state index in [4.69, 9.17) is 4.74 Å². The fourth-order valence-electron chi connectivity index (χ4n) is 2.89. The van der Waals surface area contributed by atoms with Gasteiger partial charge in [-0.25, -0.2) is 4.39 Å². The minimum Gasteiger partial charge on any atom is -0.452 e. The Morgan fingerprint density at radius 1 is 1.26 bits per heavy atom. The van der Waals surface area contributed by atoms with Gasteiger partial charge < -0.3 is 10.1 Å². The predicted molar refractivity (Wildman–Crippen MR) is 85.2 cm³/mol. The van der Waals surface area contributed by atoms with Crippen molar-refractivity contribution in [3.05, 3.63) is 35.6 Å². The molecule has 4 nitrogen and oxygen atoms in total. The van der Waals surface area contributed by atoms with E-state index >= 15 is 0 Å². The van der Waals surface area contributed by atoms with Crippen LogP contribution in [0.1, 0.15) is 45.1 Å². The SMILES string of the molecule is C[C@@H](OC(=O)Cc1ccc(F)cc1)C(=O)N[C@@H]1CCCC[C@@H]1C. The van der Waals surface area contributed by atoms with Gasteiger partial charge in [-0.2, -0.15) is 0 Å². The van der Waals surface area contributed by atoms with E-state index in [2.05, 4.69) is 12.2 Å². The third-order valence-corrected chi connectivity index (χ3v) is 4.38. The van der Waals surface area contributed by atoms with Gasteiger partial charge in [-0.1, -0.05) is 31.9 Å². The summed E-state index contributed by atoms with van der Waals surface area (Å²) in [6.07, 6.45) is 3.62. The molecule has 1 amide bonds. The van der Waals surface area contributed by atoms with Crippen molar-refractivity contribution in [2.45, 2.75) is 58.1 Å². The minimum atomic E-state index is -0.822. The molecular weight excluding hydrogens is 297 g/mol. The number of amides is 1. The molecule has 23 heavy (non-hydrogen) atoms. The lowest BCUT2D eigenvalue weighted by Crippen LogP contribution is -2.46. The maximum Gasteiger partial charge on any atom is 0.311 e. The molecule has 0 aromatic heterocycles. The first-order valence-corrected chi connectivity index (χ1v) is 8.20. The Bertz CT molecular complexity index is 544. The van der Waals surface area contributed by atoms with Crippen molar-refractivity contribution in [3.8, 4) is 0 Å². The van der Waals surface area contributed by atoms with E-state index in [1.165, 1.54) is 30.7 Å². The predicted octanol–water partition coefficient (Wildman–Crippen LogP) is 2.99. The van der Waals surface area contributed by atoms with E-state index < -0.39 is 12.1 Å². The largest absolute Gasteiger partial charge is 0.452 e. The Balaban J connectivity index is 1.80. The summed E-state index contributed by atoms with van der Waals surface area (Å²) >= 11 is 0. The van der Waals surface area contributed by atoms with Gasteiger partial charge in [-0.05, 0) is 43.4 Å². The number of carbonyl (C=O) groups excluding carboxylic acids is 2. The Morgan fingerprint density at radius 3 is 2.57 bits per heavy atom. The molecule has 0 saturated heterocycles. The van der Waals surface area contributed by atoms with Gasteiger partial charge in [0.05, 0.1) is 6.42 Å². The van der Waals surface area contributed by atoms with E-state index in [1.54, 1.807) is 6.92 Å². The zero-order chi connectivity index (χ0) is 16.8. The van der Waals surface area contributed by atoms with Crippen molar-refractivity contribution in [3.63, 3.8) is 0 Å². The fourth-order valence-corrected chi connectivity index (χ4v) is 2.89. The maximum atomic E-state index is 12.8. The topological polar surface area (TPSA) is 55.4 Å². The molecule has 0 spiro atoms. The molecule has 1 aliphatic carbocycles. The number of rotatable bonds is 5. The molecule has 1 N–H and O–H groups in total. The molecule has 1 saturated carbocycles. The zero-order valence-electron chi connectivity index (χ0n) is 13.7. The Labute approximate surface area is 136 Å². The highest BCUT2D eigenvalue weighted by Crippen LogP contribution is 2.23. The standard InChI is InChI=1S/C18H24FNO3/c1-12-5-3-4-6-16(12)20-18(22)13(2)23-17(21)11-14-7-9-15(19)10-8-14/h7-10,12-13,16H,3-6,11H2,1-2H3,(H,20,22)/t12-,13+,16+/m0/s1. The van der Waals surface area contributed by atoms with E-state index in [9.17, 15) is 14.0 Å². The highest BCUT2D eigenvalue weighted by molar-refractivity contribution is 5.84. The molecule has 2 rings (SSSR count). The molecule has 1 aromatic carbocycles. The highest BCUT2D eigenvalue weighted by atomic mass is 19.1. The van der Waals surface area contributed by atoms with Crippen LogP contribution in [-0.2, 0) is 20.7 Å². The summed E-state index contributed by atoms with van der Waals surface area (Å²) in [5.41, 5.74) is 0.657. The molecule has 1 aliphatic rings. The number of hydrogen-bond donors (Lipinski definition) is 1. The number of halogens is 1. The van der Waals surface area contributed by atoms with Crippen LogP contribution in [-0.4, -0.2) is 24.0 Å². The fraction of sp³-hybridized carbons (Fsp3) is 0.556. The lowest BCUT2D eigenvalue weighted by molar-refractivity contribution is -0.154. The normalized spacial score (nSPS) is 22.2. The second kappa shape index (κ2) is 8.09. The number of nitrogens with one attached hydrogen (secondary N) is 1. The lowest BCUT2D eigenvalue weighted by atomic mass is 9.86. The number of ether oxygens (including phenoxy) is 1. The molecule has 1 fully saturated rings. The monoisotopic (exact) mass is 321 g/mol. The highest BCUT2D eigenvalue weighted by Gasteiger charge is 2.26. The van der Waals surface area contributed by atoms with Gasteiger partial charge in [0.15, 0.2) is 6.10 Å². The number of carbonyl (C=O) groups is 2. The molecule has 1 aromatic rings. The van der Waals surface area contributed by atoms with Crippen molar-refractivity contribution in [1.29, 1.82) is 0 Å². The molecule has 0 unspecified atom stereocenters. The van der Waals surface area contributed by atoms with Gasteiger partial charge in [0.1, 0.15) is 5.82 Å². The summed E-state index contributed by atoms with van der Waals surface area (Å²) < 4.78 is 18.0. The van der Waals surface area contributed by atoms with Crippen LogP contribution in [0.15, 0.2) is 24.3 Å². The Hall–Kier alpha value is -1.91. The van der Waals surface area contributed by atoms with Crippen LogP contribution < -0.4 is 5.32 Å². The molecule has 126 valence electrons. The van der Waals surface area contributed by atoms with Gasteiger partial charge in [-0.15, -0.1) is 0 Å². The Morgan fingerprint density at radius 2 is 1.91 bits per heavy atom. The summed E-state index contributed by atoms with van der Waals surface area (Å²) in [4.78, 5) is 24.0. The third-order valence-electron chi connectivity index (χ3n) is 4.38. The second-order valence-electron chi connectivity index (χ2n) is 6.31.